The highest BCUT2D eigenvalue weighted by atomic mass is 16.5. The van der Waals surface area contributed by atoms with Gasteiger partial charge in [0.1, 0.15) is 5.75 Å². The third-order valence-corrected chi connectivity index (χ3v) is 4.13. The zero-order valence-corrected chi connectivity index (χ0v) is 16.6. The van der Waals surface area contributed by atoms with Gasteiger partial charge in [-0.2, -0.15) is 0 Å². The highest BCUT2D eigenvalue weighted by molar-refractivity contribution is 6.04. The first kappa shape index (κ1) is 20.1. The number of amides is 1. The van der Waals surface area contributed by atoms with Gasteiger partial charge in [-0.15, -0.1) is 0 Å². The average molecular weight is 393 g/mol. The Kier molecular flexibility index (Phi) is 6.58. The molecule has 3 rings (SSSR count). The summed E-state index contributed by atoms with van der Waals surface area (Å²) in [5, 5.41) is 2.86. The number of anilines is 1. The number of methoxy groups -OCH3 is 2. The van der Waals surface area contributed by atoms with Gasteiger partial charge in [0.2, 0.25) is 0 Å². The Morgan fingerprint density at radius 3 is 2.14 bits per heavy atom. The molecular weight excluding hydrogens is 370 g/mol. The molecule has 0 aliphatic rings. The van der Waals surface area contributed by atoms with E-state index in [2.05, 4.69) is 5.32 Å². The highest BCUT2D eigenvalue weighted by Crippen LogP contribution is 2.32. The smallest absolute Gasteiger partial charge is 0.255 e. The van der Waals surface area contributed by atoms with E-state index in [-0.39, 0.29) is 5.91 Å². The Hall–Kier alpha value is -3.67. The molecule has 3 aromatic rings. The summed E-state index contributed by atoms with van der Waals surface area (Å²) in [5.74, 6) is 2.77. The Morgan fingerprint density at radius 1 is 0.828 bits per heavy atom. The summed E-state index contributed by atoms with van der Waals surface area (Å²) in [4.78, 5) is 12.6. The predicted octanol–water partition coefficient (Wildman–Crippen LogP) is 5.15. The standard InChI is InChI=1S/C23H23NO5/c1-4-28-22-15-16(9-14-20(22)27-3)23(25)24-17-10-12-18(13-11-17)29-21-8-6-5-7-19(21)26-2/h5-15H,4H2,1-3H3,(H,24,25). The van der Waals surface area contributed by atoms with Crippen LogP contribution in [-0.4, -0.2) is 26.7 Å². The molecule has 0 radical (unpaired) electrons. The summed E-state index contributed by atoms with van der Waals surface area (Å²) in [7, 11) is 3.16. The van der Waals surface area contributed by atoms with Crippen molar-refractivity contribution in [1.29, 1.82) is 0 Å². The second-order valence-corrected chi connectivity index (χ2v) is 6.03. The summed E-state index contributed by atoms with van der Waals surface area (Å²) in [5.41, 5.74) is 1.12. The van der Waals surface area contributed by atoms with Crippen LogP contribution in [-0.2, 0) is 0 Å². The minimum Gasteiger partial charge on any atom is -0.493 e. The first-order valence-corrected chi connectivity index (χ1v) is 9.17. The number of carbonyl (C=O) groups excluding carboxylic acids is 1. The van der Waals surface area contributed by atoms with E-state index >= 15 is 0 Å². The van der Waals surface area contributed by atoms with E-state index in [1.54, 1.807) is 56.7 Å². The van der Waals surface area contributed by atoms with Crippen LogP contribution in [0.25, 0.3) is 0 Å². The number of benzene rings is 3. The lowest BCUT2D eigenvalue weighted by molar-refractivity contribution is 0.102. The zero-order chi connectivity index (χ0) is 20.6. The zero-order valence-electron chi connectivity index (χ0n) is 16.6. The van der Waals surface area contributed by atoms with Crippen molar-refractivity contribution >= 4 is 11.6 Å². The molecule has 1 N–H and O–H groups in total. The van der Waals surface area contributed by atoms with E-state index in [4.69, 9.17) is 18.9 Å². The maximum atomic E-state index is 12.6. The van der Waals surface area contributed by atoms with Crippen molar-refractivity contribution < 1.29 is 23.7 Å². The Balaban J connectivity index is 1.69. The molecular formula is C23H23NO5. The third kappa shape index (κ3) is 4.99. The van der Waals surface area contributed by atoms with Crippen molar-refractivity contribution in [1.82, 2.24) is 0 Å². The molecule has 6 nitrogen and oxygen atoms in total. The second-order valence-electron chi connectivity index (χ2n) is 6.03. The van der Waals surface area contributed by atoms with Gasteiger partial charge >= 0.3 is 0 Å². The number of carbonyl (C=O) groups is 1. The Labute approximate surface area is 170 Å². The monoisotopic (exact) mass is 393 g/mol. The van der Waals surface area contributed by atoms with E-state index in [0.29, 0.717) is 46.6 Å². The van der Waals surface area contributed by atoms with Gasteiger partial charge in [-0.3, -0.25) is 4.79 Å². The Morgan fingerprint density at radius 2 is 1.48 bits per heavy atom. The molecule has 0 aliphatic carbocycles. The van der Waals surface area contributed by atoms with Crippen LogP contribution >= 0.6 is 0 Å². The third-order valence-electron chi connectivity index (χ3n) is 4.13. The molecule has 0 aromatic heterocycles. The average Bonchev–Trinajstić information content (AvgIpc) is 2.75. The van der Waals surface area contributed by atoms with Gasteiger partial charge in [0.05, 0.1) is 20.8 Å². The molecule has 0 heterocycles. The highest BCUT2D eigenvalue weighted by Gasteiger charge is 2.12. The fourth-order valence-corrected chi connectivity index (χ4v) is 2.73. The van der Waals surface area contributed by atoms with Gasteiger partial charge in [0.15, 0.2) is 23.0 Å². The van der Waals surface area contributed by atoms with Crippen molar-refractivity contribution in [2.75, 3.05) is 26.1 Å². The van der Waals surface area contributed by atoms with Gasteiger partial charge in [-0.05, 0) is 61.5 Å². The summed E-state index contributed by atoms with van der Waals surface area (Å²) < 4.78 is 21.9. The van der Waals surface area contributed by atoms with E-state index in [1.807, 2.05) is 31.2 Å². The molecule has 6 heteroatoms. The van der Waals surface area contributed by atoms with Crippen LogP contribution in [0.3, 0.4) is 0 Å². The lowest BCUT2D eigenvalue weighted by Gasteiger charge is -2.12. The number of rotatable bonds is 8. The number of para-hydroxylation sites is 2. The van der Waals surface area contributed by atoms with Crippen LogP contribution in [0.5, 0.6) is 28.7 Å². The van der Waals surface area contributed by atoms with Gasteiger partial charge in [-0.25, -0.2) is 0 Å². The summed E-state index contributed by atoms with van der Waals surface area (Å²) in [6.07, 6.45) is 0. The number of hydrogen-bond acceptors (Lipinski definition) is 5. The number of nitrogens with one attached hydrogen (secondary N) is 1. The van der Waals surface area contributed by atoms with Crippen LogP contribution in [0.15, 0.2) is 66.7 Å². The maximum absolute atomic E-state index is 12.6. The molecule has 0 atom stereocenters. The normalized spacial score (nSPS) is 10.2. The lowest BCUT2D eigenvalue weighted by Crippen LogP contribution is -2.12. The van der Waals surface area contributed by atoms with E-state index < -0.39 is 0 Å². The van der Waals surface area contributed by atoms with Crippen LogP contribution in [0.4, 0.5) is 5.69 Å². The first-order valence-electron chi connectivity index (χ1n) is 9.17. The van der Waals surface area contributed by atoms with Crippen molar-refractivity contribution in [3.05, 3.63) is 72.3 Å². The largest absolute Gasteiger partial charge is 0.493 e. The summed E-state index contributed by atoms with van der Waals surface area (Å²) in [6.45, 7) is 2.36. The lowest BCUT2D eigenvalue weighted by atomic mass is 10.2. The van der Waals surface area contributed by atoms with Crippen molar-refractivity contribution in [3.63, 3.8) is 0 Å². The van der Waals surface area contributed by atoms with Crippen molar-refractivity contribution in [2.45, 2.75) is 6.92 Å². The van der Waals surface area contributed by atoms with Crippen LogP contribution < -0.4 is 24.3 Å². The quantitative estimate of drug-likeness (QED) is 0.573. The maximum Gasteiger partial charge on any atom is 0.255 e. The van der Waals surface area contributed by atoms with Crippen LogP contribution in [0.1, 0.15) is 17.3 Å². The molecule has 0 bridgehead atoms. The van der Waals surface area contributed by atoms with E-state index in [9.17, 15) is 4.79 Å². The van der Waals surface area contributed by atoms with E-state index in [1.165, 1.54) is 0 Å². The van der Waals surface area contributed by atoms with Gasteiger partial charge < -0.3 is 24.3 Å². The minimum absolute atomic E-state index is 0.244. The molecule has 0 spiro atoms. The fraction of sp³-hybridized carbons (Fsp3) is 0.174. The van der Waals surface area contributed by atoms with E-state index in [0.717, 1.165) is 0 Å². The molecule has 0 saturated heterocycles. The van der Waals surface area contributed by atoms with Gasteiger partial charge in [0.25, 0.3) is 5.91 Å². The molecule has 3 aromatic carbocycles. The number of ether oxygens (including phenoxy) is 4. The SMILES string of the molecule is CCOc1cc(C(=O)Nc2ccc(Oc3ccccc3OC)cc2)ccc1OC. The minimum atomic E-state index is -0.244. The molecule has 150 valence electrons. The van der Waals surface area contributed by atoms with Gasteiger partial charge in [-0.1, -0.05) is 12.1 Å². The Bertz CT molecular complexity index is 969. The van der Waals surface area contributed by atoms with Crippen molar-refractivity contribution in [3.8, 4) is 28.7 Å². The van der Waals surface area contributed by atoms with Gasteiger partial charge in [0, 0.05) is 11.3 Å². The van der Waals surface area contributed by atoms with Crippen LogP contribution in [0.2, 0.25) is 0 Å². The first-order chi connectivity index (χ1) is 14.1. The van der Waals surface area contributed by atoms with Crippen molar-refractivity contribution in [2.24, 2.45) is 0 Å². The fourth-order valence-electron chi connectivity index (χ4n) is 2.73. The topological polar surface area (TPSA) is 66.0 Å². The molecule has 29 heavy (non-hydrogen) atoms. The molecule has 1 amide bonds. The number of hydrogen-bond donors (Lipinski definition) is 1. The molecule has 0 saturated carbocycles. The van der Waals surface area contributed by atoms with Crippen LogP contribution in [0, 0.1) is 0 Å². The summed E-state index contributed by atoms with van der Waals surface area (Å²) in [6, 6.07) is 19.6. The molecule has 0 unspecified atom stereocenters. The predicted molar refractivity (Wildman–Crippen MR) is 112 cm³/mol. The molecule has 0 fully saturated rings. The second kappa shape index (κ2) is 9.50. The summed E-state index contributed by atoms with van der Waals surface area (Å²) >= 11 is 0. The molecule has 0 aliphatic heterocycles.